The average molecular weight is 442 g/mol. The number of piperidine rings is 1. The van der Waals surface area contributed by atoms with Crippen LogP contribution in [0.15, 0.2) is 47.4 Å². The van der Waals surface area contributed by atoms with Crippen molar-refractivity contribution in [1.82, 2.24) is 9.62 Å². The number of anilines is 1. The van der Waals surface area contributed by atoms with E-state index in [1.807, 2.05) is 12.1 Å². The summed E-state index contributed by atoms with van der Waals surface area (Å²) < 4.78 is 27.4. The molecule has 31 heavy (non-hydrogen) atoms. The average Bonchev–Trinajstić information content (AvgIpc) is 3.35. The highest BCUT2D eigenvalue weighted by Crippen LogP contribution is 2.25. The van der Waals surface area contributed by atoms with Crippen molar-refractivity contribution in [2.45, 2.75) is 50.5 Å². The first-order valence-electron chi connectivity index (χ1n) is 11.2. The number of carbonyl (C=O) groups is 1. The standard InChI is InChI=1S/C24H31N3O3S/c1-19-7-10-21(17-23(19)31(29,30)27-15-5-6-16-27)24(28)25-18-20-8-11-22(12-9-20)26-13-3-2-4-14-26/h7-12,17H,2-6,13-16,18H2,1H3,(H,25,28). The molecule has 0 spiro atoms. The third-order valence-electron chi connectivity index (χ3n) is 6.24. The van der Waals surface area contributed by atoms with Crippen LogP contribution in [-0.4, -0.2) is 44.8 Å². The highest BCUT2D eigenvalue weighted by atomic mass is 32.2. The normalized spacial score (nSPS) is 17.6. The first-order chi connectivity index (χ1) is 14.9. The molecule has 2 aromatic rings. The summed E-state index contributed by atoms with van der Waals surface area (Å²) in [6.07, 6.45) is 5.55. The lowest BCUT2D eigenvalue weighted by Crippen LogP contribution is -2.29. The van der Waals surface area contributed by atoms with Gasteiger partial charge in [0.1, 0.15) is 0 Å². The van der Waals surface area contributed by atoms with Gasteiger partial charge in [0, 0.05) is 44.0 Å². The molecule has 2 saturated heterocycles. The molecular weight excluding hydrogens is 410 g/mol. The Morgan fingerprint density at radius 1 is 0.903 bits per heavy atom. The van der Waals surface area contributed by atoms with Gasteiger partial charge in [-0.1, -0.05) is 18.2 Å². The highest BCUT2D eigenvalue weighted by molar-refractivity contribution is 7.89. The van der Waals surface area contributed by atoms with Gasteiger partial charge in [-0.25, -0.2) is 8.42 Å². The molecule has 0 unspecified atom stereocenters. The fraction of sp³-hybridized carbons (Fsp3) is 0.458. The molecule has 6 nitrogen and oxygen atoms in total. The molecule has 2 aromatic carbocycles. The summed E-state index contributed by atoms with van der Waals surface area (Å²) in [7, 11) is -3.56. The maximum atomic E-state index is 13.0. The van der Waals surface area contributed by atoms with Crippen molar-refractivity contribution in [2.75, 3.05) is 31.1 Å². The fourth-order valence-corrected chi connectivity index (χ4v) is 6.12. The molecule has 0 bridgehead atoms. The molecule has 7 heteroatoms. The van der Waals surface area contributed by atoms with E-state index in [-0.39, 0.29) is 10.8 Å². The Hall–Kier alpha value is -2.38. The van der Waals surface area contributed by atoms with Crippen LogP contribution >= 0.6 is 0 Å². The van der Waals surface area contributed by atoms with E-state index in [1.54, 1.807) is 19.1 Å². The molecule has 2 heterocycles. The number of carbonyl (C=O) groups excluding carboxylic acids is 1. The van der Waals surface area contributed by atoms with Crippen LogP contribution in [0.1, 0.15) is 53.6 Å². The van der Waals surface area contributed by atoms with Crippen molar-refractivity contribution in [3.63, 3.8) is 0 Å². The van der Waals surface area contributed by atoms with Gasteiger partial charge in [0.05, 0.1) is 4.90 Å². The molecule has 166 valence electrons. The first-order valence-corrected chi connectivity index (χ1v) is 12.6. The van der Waals surface area contributed by atoms with Gasteiger partial charge in [-0.15, -0.1) is 0 Å². The number of nitrogens with one attached hydrogen (secondary N) is 1. The Bertz CT molecular complexity index is 1020. The van der Waals surface area contributed by atoms with Gasteiger partial charge >= 0.3 is 0 Å². The maximum Gasteiger partial charge on any atom is 0.251 e. The Morgan fingerprint density at radius 2 is 1.55 bits per heavy atom. The van der Waals surface area contributed by atoms with Crippen molar-refractivity contribution in [2.24, 2.45) is 0 Å². The summed E-state index contributed by atoms with van der Waals surface area (Å²) in [6, 6.07) is 13.2. The van der Waals surface area contributed by atoms with E-state index < -0.39 is 10.0 Å². The summed E-state index contributed by atoms with van der Waals surface area (Å²) >= 11 is 0. The van der Waals surface area contributed by atoms with E-state index in [9.17, 15) is 13.2 Å². The number of hydrogen-bond acceptors (Lipinski definition) is 4. The zero-order valence-corrected chi connectivity index (χ0v) is 19.0. The van der Waals surface area contributed by atoms with Crippen molar-refractivity contribution in [3.05, 3.63) is 59.2 Å². The monoisotopic (exact) mass is 441 g/mol. The minimum atomic E-state index is -3.56. The molecule has 4 rings (SSSR count). The fourth-order valence-electron chi connectivity index (χ4n) is 4.35. The number of rotatable bonds is 6. The van der Waals surface area contributed by atoms with Gasteiger partial charge in [-0.2, -0.15) is 4.31 Å². The van der Waals surface area contributed by atoms with Gasteiger partial charge in [0.2, 0.25) is 10.0 Å². The second kappa shape index (κ2) is 9.40. The quantitative estimate of drug-likeness (QED) is 0.742. The van der Waals surface area contributed by atoms with E-state index in [0.29, 0.717) is 30.8 Å². The molecule has 0 atom stereocenters. The number of benzene rings is 2. The van der Waals surface area contributed by atoms with Gasteiger partial charge < -0.3 is 10.2 Å². The molecule has 0 aromatic heterocycles. The van der Waals surface area contributed by atoms with Crippen LogP contribution < -0.4 is 10.2 Å². The van der Waals surface area contributed by atoms with Gasteiger partial charge in [-0.05, 0) is 74.4 Å². The largest absolute Gasteiger partial charge is 0.372 e. The number of nitrogens with zero attached hydrogens (tertiary/aromatic N) is 2. The molecule has 2 aliphatic heterocycles. The van der Waals surface area contributed by atoms with E-state index in [4.69, 9.17) is 0 Å². The molecule has 1 N–H and O–H groups in total. The highest BCUT2D eigenvalue weighted by Gasteiger charge is 2.29. The number of hydrogen-bond donors (Lipinski definition) is 1. The van der Waals surface area contributed by atoms with E-state index in [2.05, 4.69) is 22.3 Å². The Labute approximate surface area is 185 Å². The Kier molecular flexibility index (Phi) is 6.62. The van der Waals surface area contributed by atoms with Crippen LogP contribution in [0.5, 0.6) is 0 Å². The van der Waals surface area contributed by atoms with Crippen LogP contribution in [-0.2, 0) is 16.6 Å². The van der Waals surface area contributed by atoms with Crippen molar-refractivity contribution in [3.8, 4) is 0 Å². The van der Waals surface area contributed by atoms with Crippen LogP contribution in [0.4, 0.5) is 5.69 Å². The smallest absolute Gasteiger partial charge is 0.251 e. The second-order valence-electron chi connectivity index (χ2n) is 8.49. The molecule has 0 radical (unpaired) electrons. The molecule has 2 fully saturated rings. The zero-order chi connectivity index (χ0) is 21.8. The minimum Gasteiger partial charge on any atom is -0.372 e. The third-order valence-corrected chi connectivity index (χ3v) is 8.28. The zero-order valence-electron chi connectivity index (χ0n) is 18.1. The molecule has 1 amide bonds. The van der Waals surface area contributed by atoms with E-state index in [0.717, 1.165) is 31.5 Å². The van der Waals surface area contributed by atoms with Gasteiger partial charge in [0.25, 0.3) is 5.91 Å². The number of sulfonamides is 1. The summed E-state index contributed by atoms with van der Waals surface area (Å²) in [4.78, 5) is 15.3. The summed E-state index contributed by atoms with van der Waals surface area (Å²) in [5.41, 5.74) is 3.28. The number of aryl methyl sites for hydroxylation is 1. The van der Waals surface area contributed by atoms with Crippen molar-refractivity contribution in [1.29, 1.82) is 0 Å². The Balaban J connectivity index is 1.42. The maximum absolute atomic E-state index is 13.0. The minimum absolute atomic E-state index is 0.230. The topological polar surface area (TPSA) is 69.7 Å². The van der Waals surface area contributed by atoms with E-state index >= 15 is 0 Å². The first kappa shape index (κ1) is 21.8. The third kappa shape index (κ3) is 4.93. The number of amides is 1. The van der Waals surface area contributed by atoms with Crippen LogP contribution in [0.2, 0.25) is 0 Å². The summed E-state index contributed by atoms with van der Waals surface area (Å²) in [5.74, 6) is -0.266. The van der Waals surface area contributed by atoms with Gasteiger partial charge in [0.15, 0.2) is 0 Å². The van der Waals surface area contributed by atoms with Crippen LogP contribution in [0, 0.1) is 6.92 Å². The van der Waals surface area contributed by atoms with Crippen molar-refractivity contribution < 1.29 is 13.2 Å². The molecule has 0 aliphatic carbocycles. The van der Waals surface area contributed by atoms with Crippen molar-refractivity contribution >= 4 is 21.6 Å². The SMILES string of the molecule is Cc1ccc(C(=O)NCc2ccc(N3CCCCC3)cc2)cc1S(=O)(=O)N1CCCC1. The van der Waals surface area contributed by atoms with Crippen LogP contribution in [0.3, 0.4) is 0 Å². The van der Waals surface area contributed by atoms with Crippen LogP contribution in [0.25, 0.3) is 0 Å². The lowest BCUT2D eigenvalue weighted by Gasteiger charge is -2.28. The summed E-state index contributed by atoms with van der Waals surface area (Å²) in [5, 5.41) is 2.92. The lowest BCUT2D eigenvalue weighted by atomic mass is 10.1. The lowest BCUT2D eigenvalue weighted by molar-refractivity contribution is 0.0950. The molecule has 2 aliphatic rings. The van der Waals surface area contributed by atoms with E-state index in [1.165, 1.54) is 35.3 Å². The Morgan fingerprint density at radius 3 is 2.23 bits per heavy atom. The predicted molar refractivity (Wildman–Crippen MR) is 123 cm³/mol. The molecule has 0 saturated carbocycles. The predicted octanol–water partition coefficient (Wildman–Crippen LogP) is 3.70. The van der Waals surface area contributed by atoms with Gasteiger partial charge in [-0.3, -0.25) is 4.79 Å². The molecular formula is C24H31N3O3S. The summed E-state index contributed by atoms with van der Waals surface area (Å²) in [6.45, 7) is 5.48. The second-order valence-corrected chi connectivity index (χ2v) is 10.4.